The molecule has 1 saturated heterocycles. The Morgan fingerprint density at radius 2 is 2.00 bits per heavy atom. The SMILES string of the molecule is CN1C(=O)/C(=C/c2cn(C)c3ccccc23)NC1=S. The van der Waals surface area contributed by atoms with Crippen molar-refractivity contribution in [1.82, 2.24) is 14.8 Å². The van der Waals surface area contributed by atoms with Gasteiger partial charge in [0.15, 0.2) is 5.11 Å². The number of aryl methyl sites for hydroxylation is 1. The number of carbonyl (C=O) groups excluding carboxylic acids is 1. The van der Waals surface area contributed by atoms with Crippen LogP contribution in [0.25, 0.3) is 17.0 Å². The number of para-hydroxylation sites is 1. The van der Waals surface area contributed by atoms with Crippen molar-refractivity contribution in [3.63, 3.8) is 0 Å². The fourth-order valence-corrected chi connectivity index (χ4v) is 2.46. The van der Waals surface area contributed by atoms with Crippen molar-refractivity contribution in [2.24, 2.45) is 7.05 Å². The van der Waals surface area contributed by atoms with E-state index in [-0.39, 0.29) is 5.91 Å². The Labute approximate surface area is 116 Å². The number of carbonyl (C=O) groups is 1. The molecule has 19 heavy (non-hydrogen) atoms. The number of hydrogen-bond acceptors (Lipinski definition) is 2. The second-order valence-electron chi connectivity index (χ2n) is 4.56. The molecule has 3 rings (SSSR count). The first kappa shape index (κ1) is 11.9. The minimum Gasteiger partial charge on any atom is -0.350 e. The maximum absolute atomic E-state index is 12.0. The van der Waals surface area contributed by atoms with Crippen LogP contribution in [0, 0.1) is 0 Å². The Hall–Kier alpha value is -2.14. The highest BCUT2D eigenvalue weighted by Crippen LogP contribution is 2.23. The van der Waals surface area contributed by atoms with Crippen LogP contribution in [0.1, 0.15) is 5.56 Å². The fraction of sp³-hybridized carbons (Fsp3) is 0.143. The zero-order valence-electron chi connectivity index (χ0n) is 10.7. The highest BCUT2D eigenvalue weighted by Gasteiger charge is 2.27. The average Bonchev–Trinajstić information content (AvgIpc) is 2.84. The third kappa shape index (κ3) is 1.82. The van der Waals surface area contributed by atoms with E-state index in [1.807, 2.05) is 42.1 Å². The summed E-state index contributed by atoms with van der Waals surface area (Å²) in [7, 11) is 3.66. The molecule has 1 fully saturated rings. The predicted octanol–water partition coefficient (Wildman–Crippen LogP) is 1.87. The quantitative estimate of drug-likeness (QED) is 0.635. The summed E-state index contributed by atoms with van der Waals surface area (Å²) < 4.78 is 2.04. The maximum Gasteiger partial charge on any atom is 0.276 e. The highest BCUT2D eigenvalue weighted by molar-refractivity contribution is 7.80. The van der Waals surface area contributed by atoms with Gasteiger partial charge in [0.25, 0.3) is 5.91 Å². The molecule has 0 atom stereocenters. The van der Waals surface area contributed by atoms with Crippen LogP contribution >= 0.6 is 12.2 Å². The number of benzene rings is 1. The zero-order chi connectivity index (χ0) is 13.6. The number of hydrogen-bond donors (Lipinski definition) is 1. The van der Waals surface area contributed by atoms with Gasteiger partial charge in [-0.3, -0.25) is 9.69 Å². The summed E-state index contributed by atoms with van der Waals surface area (Å²) in [5, 5.41) is 4.49. The summed E-state index contributed by atoms with van der Waals surface area (Å²) in [5.41, 5.74) is 2.66. The zero-order valence-corrected chi connectivity index (χ0v) is 11.5. The van der Waals surface area contributed by atoms with Crippen LogP contribution in [0.15, 0.2) is 36.2 Å². The first-order valence-electron chi connectivity index (χ1n) is 5.93. The van der Waals surface area contributed by atoms with Crippen LogP contribution in [0.4, 0.5) is 0 Å². The Bertz CT molecular complexity index is 729. The minimum absolute atomic E-state index is 0.0991. The number of aromatic nitrogens is 1. The normalized spacial score (nSPS) is 17.6. The summed E-state index contributed by atoms with van der Waals surface area (Å²) in [4.78, 5) is 13.4. The number of nitrogens with zero attached hydrogens (tertiary/aromatic N) is 2. The van der Waals surface area contributed by atoms with Crippen molar-refractivity contribution >= 4 is 40.2 Å². The summed E-state index contributed by atoms with van der Waals surface area (Å²) in [6.45, 7) is 0. The topological polar surface area (TPSA) is 37.3 Å². The van der Waals surface area contributed by atoms with E-state index in [4.69, 9.17) is 12.2 Å². The standard InChI is InChI=1S/C14H13N3OS/c1-16-8-9(10-5-3-4-6-12(10)16)7-11-13(18)17(2)14(19)15-11/h3-8H,1-2H3,(H,15,19)/b11-7-. The lowest BCUT2D eigenvalue weighted by Crippen LogP contribution is -2.25. The minimum atomic E-state index is -0.0991. The molecule has 1 aliphatic heterocycles. The van der Waals surface area contributed by atoms with Crippen LogP contribution < -0.4 is 5.32 Å². The summed E-state index contributed by atoms with van der Waals surface area (Å²) in [6.07, 6.45) is 3.86. The van der Waals surface area contributed by atoms with E-state index >= 15 is 0 Å². The molecule has 0 unspecified atom stereocenters. The van der Waals surface area contributed by atoms with Gasteiger partial charge in [-0.2, -0.15) is 0 Å². The molecule has 4 nitrogen and oxygen atoms in total. The van der Waals surface area contributed by atoms with Gasteiger partial charge in [0.2, 0.25) is 0 Å². The number of thiocarbonyl (C=S) groups is 1. The van der Waals surface area contributed by atoms with E-state index < -0.39 is 0 Å². The van der Waals surface area contributed by atoms with Crippen molar-refractivity contribution in [3.05, 3.63) is 41.7 Å². The van der Waals surface area contributed by atoms with E-state index in [9.17, 15) is 4.79 Å². The molecule has 0 aliphatic carbocycles. The van der Waals surface area contributed by atoms with Gasteiger partial charge in [0.05, 0.1) is 0 Å². The Balaban J connectivity index is 2.12. The third-order valence-electron chi connectivity index (χ3n) is 3.31. The molecule has 5 heteroatoms. The van der Waals surface area contributed by atoms with Gasteiger partial charge in [-0.15, -0.1) is 0 Å². The Kier molecular flexibility index (Phi) is 2.64. The largest absolute Gasteiger partial charge is 0.350 e. The van der Waals surface area contributed by atoms with Gasteiger partial charge in [0.1, 0.15) is 5.70 Å². The highest BCUT2D eigenvalue weighted by atomic mass is 32.1. The molecule has 1 aromatic heterocycles. The Morgan fingerprint density at radius 3 is 2.68 bits per heavy atom. The van der Waals surface area contributed by atoms with Crippen LogP contribution in [0.2, 0.25) is 0 Å². The number of rotatable bonds is 1. The lowest BCUT2D eigenvalue weighted by Gasteiger charge is -2.02. The molecule has 1 aromatic carbocycles. The molecular formula is C14H13N3OS. The monoisotopic (exact) mass is 271 g/mol. The number of fused-ring (bicyclic) bond motifs is 1. The molecule has 0 bridgehead atoms. The van der Waals surface area contributed by atoms with Crippen molar-refractivity contribution < 1.29 is 4.79 Å². The molecule has 0 radical (unpaired) electrons. The number of nitrogens with one attached hydrogen (secondary N) is 1. The molecule has 0 spiro atoms. The first-order valence-corrected chi connectivity index (χ1v) is 6.33. The van der Waals surface area contributed by atoms with Crippen molar-refractivity contribution in [2.45, 2.75) is 0 Å². The molecule has 1 aliphatic rings. The molecule has 2 heterocycles. The first-order chi connectivity index (χ1) is 9.08. The molecule has 0 saturated carbocycles. The fourth-order valence-electron chi connectivity index (χ4n) is 2.27. The van der Waals surface area contributed by atoms with Gasteiger partial charge >= 0.3 is 0 Å². The maximum atomic E-state index is 12.0. The van der Waals surface area contributed by atoms with E-state index in [0.29, 0.717) is 10.8 Å². The molecule has 1 N–H and O–H groups in total. The Morgan fingerprint density at radius 1 is 1.26 bits per heavy atom. The van der Waals surface area contributed by atoms with Crippen LogP contribution in [-0.4, -0.2) is 27.5 Å². The number of amides is 1. The van der Waals surface area contributed by atoms with Gasteiger partial charge < -0.3 is 9.88 Å². The summed E-state index contributed by atoms with van der Waals surface area (Å²) in [6, 6.07) is 8.09. The van der Waals surface area contributed by atoms with Crippen LogP contribution in [0.5, 0.6) is 0 Å². The van der Waals surface area contributed by atoms with Gasteiger partial charge in [0, 0.05) is 36.8 Å². The van der Waals surface area contributed by atoms with Crippen LogP contribution in [0.3, 0.4) is 0 Å². The van der Waals surface area contributed by atoms with E-state index in [2.05, 4.69) is 11.4 Å². The predicted molar refractivity (Wildman–Crippen MR) is 79.4 cm³/mol. The second kappa shape index (κ2) is 4.20. The van der Waals surface area contributed by atoms with E-state index in [0.717, 1.165) is 16.5 Å². The molecule has 96 valence electrons. The van der Waals surface area contributed by atoms with Gasteiger partial charge in [-0.1, -0.05) is 18.2 Å². The second-order valence-corrected chi connectivity index (χ2v) is 4.95. The third-order valence-corrected chi connectivity index (χ3v) is 3.68. The van der Waals surface area contributed by atoms with Crippen molar-refractivity contribution in [2.75, 3.05) is 7.05 Å². The summed E-state index contributed by atoms with van der Waals surface area (Å²) in [5.74, 6) is -0.0991. The molecular weight excluding hydrogens is 258 g/mol. The van der Waals surface area contributed by atoms with Gasteiger partial charge in [-0.25, -0.2) is 0 Å². The van der Waals surface area contributed by atoms with E-state index in [1.54, 1.807) is 7.05 Å². The van der Waals surface area contributed by atoms with Gasteiger partial charge in [-0.05, 0) is 24.4 Å². The lowest BCUT2D eigenvalue weighted by atomic mass is 10.1. The molecule has 1 amide bonds. The van der Waals surface area contributed by atoms with Crippen molar-refractivity contribution in [1.29, 1.82) is 0 Å². The lowest BCUT2D eigenvalue weighted by molar-refractivity contribution is -0.121. The number of likely N-dealkylation sites (N-methyl/N-ethyl adjacent to an activating group) is 1. The average molecular weight is 271 g/mol. The van der Waals surface area contributed by atoms with Crippen molar-refractivity contribution in [3.8, 4) is 0 Å². The summed E-state index contributed by atoms with van der Waals surface area (Å²) >= 11 is 5.06. The van der Waals surface area contributed by atoms with Crippen LogP contribution in [-0.2, 0) is 11.8 Å². The van der Waals surface area contributed by atoms with E-state index in [1.165, 1.54) is 4.90 Å². The smallest absolute Gasteiger partial charge is 0.276 e. The molecule has 2 aromatic rings.